The van der Waals surface area contributed by atoms with E-state index in [1.807, 2.05) is 0 Å². The Morgan fingerprint density at radius 3 is 2.30 bits per heavy atom. The van der Waals surface area contributed by atoms with Crippen LogP contribution in [0.2, 0.25) is 0 Å². The summed E-state index contributed by atoms with van der Waals surface area (Å²) in [6.45, 7) is 6.85. The summed E-state index contributed by atoms with van der Waals surface area (Å²) in [4.78, 5) is 0. The first-order valence-corrected chi connectivity index (χ1v) is 3.30. The van der Waals surface area contributed by atoms with Crippen molar-refractivity contribution in [3.05, 3.63) is 25.3 Å². The van der Waals surface area contributed by atoms with Gasteiger partial charge in [0.2, 0.25) is 0 Å². The van der Waals surface area contributed by atoms with Crippen LogP contribution in [0.25, 0.3) is 0 Å². The van der Waals surface area contributed by atoms with Crippen LogP contribution in [0.5, 0.6) is 0 Å². The molecule has 0 aliphatic carbocycles. The number of rotatable bonds is 5. The number of aliphatic hydroxyl groups excluding tert-OH is 2. The van der Waals surface area contributed by atoms with Crippen molar-refractivity contribution in [2.75, 3.05) is 0 Å². The molecule has 58 valence electrons. The molecule has 0 fully saturated rings. The lowest BCUT2D eigenvalue weighted by atomic mass is 10.1. The smallest absolute Gasteiger partial charge is 0.0743 e. The van der Waals surface area contributed by atoms with Gasteiger partial charge >= 0.3 is 0 Å². The third-order valence-electron chi connectivity index (χ3n) is 1.22. The van der Waals surface area contributed by atoms with E-state index in [2.05, 4.69) is 13.2 Å². The first kappa shape index (κ1) is 9.40. The first-order chi connectivity index (χ1) is 4.70. The standard InChI is InChI=1S/C8H14O2/c1-3-5-8(10)6-7(9)4-2/h3-4,7-10H,1-2,5-6H2/t7-,8-/m1/s1. The summed E-state index contributed by atoms with van der Waals surface area (Å²) < 4.78 is 0. The lowest BCUT2D eigenvalue weighted by molar-refractivity contribution is 0.106. The Kier molecular flexibility index (Phi) is 4.89. The zero-order chi connectivity index (χ0) is 7.98. The number of aliphatic hydroxyl groups is 2. The Labute approximate surface area is 61.5 Å². The van der Waals surface area contributed by atoms with E-state index in [0.717, 1.165) is 0 Å². The summed E-state index contributed by atoms with van der Waals surface area (Å²) in [5.74, 6) is 0. The van der Waals surface area contributed by atoms with Gasteiger partial charge in [-0.05, 0) is 6.42 Å². The van der Waals surface area contributed by atoms with Crippen molar-refractivity contribution < 1.29 is 10.2 Å². The fourth-order valence-electron chi connectivity index (χ4n) is 0.664. The molecule has 0 heterocycles. The summed E-state index contributed by atoms with van der Waals surface area (Å²) in [5.41, 5.74) is 0. The fraction of sp³-hybridized carbons (Fsp3) is 0.500. The second kappa shape index (κ2) is 5.21. The van der Waals surface area contributed by atoms with Crippen LogP contribution in [0, 0.1) is 0 Å². The van der Waals surface area contributed by atoms with Crippen molar-refractivity contribution in [1.82, 2.24) is 0 Å². The molecule has 2 nitrogen and oxygen atoms in total. The van der Waals surface area contributed by atoms with Gasteiger partial charge in [-0.3, -0.25) is 0 Å². The van der Waals surface area contributed by atoms with E-state index in [9.17, 15) is 0 Å². The largest absolute Gasteiger partial charge is 0.393 e. The minimum atomic E-state index is -0.602. The Morgan fingerprint density at radius 2 is 1.90 bits per heavy atom. The maximum absolute atomic E-state index is 9.07. The van der Waals surface area contributed by atoms with E-state index in [4.69, 9.17) is 10.2 Å². The predicted octanol–water partition coefficient (Wildman–Crippen LogP) is 0.860. The van der Waals surface area contributed by atoms with Gasteiger partial charge in [0, 0.05) is 6.42 Å². The molecule has 0 aromatic rings. The third kappa shape index (κ3) is 4.30. The van der Waals surface area contributed by atoms with Gasteiger partial charge in [0.25, 0.3) is 0 Å². The van der Waals surface area contributed by atoms with Gasteiger partial charge in [0.15, 0.2) is 0 Å². The third-order valence-corrected chi connectivity index (χ3v) is 1.22. The van der Waals surface area contributed by atoms with Crippen LogP contribution in [0.4, 0.5) is 0 Å². The normalized spacial score (nSPS) is 15.8. The van der Waals surface area contributed by atoms with Gasteiger partial charge in [0.05, 0.1) is 12.2 Å². The summed E-state index contributed by atoms with van der Waals surface area (Å²) in [7, 11) is 0. The van der Waals surface area contributed by atoms with Crippen LogP contribution in [0.1, 0.15) is 12.8 Å². The van der Waals surface area contributed by atoms with Crippen molar-refractivity contribution in [3.8, 4) is 0 Å². The molecule has 2 atom stereocenters. The molecular weight excluding hydrogens is 128 g/mol. The lowest BCUT2D eigenvalue weighted by Crippen LogP contribution is -2.14. The Morgan fingerprint density at radius 1 is 1.30 bits per heavy atom. The van der Waals surface area contributed by atoms with E-state index >= 15 is 0 Å². The molecule has 0 aromatic heterocycles. The SMILES string of the molecule is C=CC[C@@H](O)C[C@H](O)C=C. The van der Waals surface area contributed by atoms with Gasteiger partial charge < -0.3 is 10.2 Å². The van der Waals surface area contributed by atoms with Crippen molar-refractivity contribution in [2.24, 2.45) is 0 Å². The monoisotopic (exact) mass is 142 g/mol. The zero-order valence-electron chi connectivity index (χ0n) is 6.03. The molecule has 2 heteroatoms. The zero-order valence-corrected chi connectivity index (χ0v) is 6.03. The second-order valence-corrected chi connectivity index (χ2v) is 2.22. The molecule has 10 heavy (non-hydrogen) atoms. The Bertz CT molecular complexity index is 110. The molecule has 0 aliphatic rings. The van der Waals surface area contributed by atoms with E-state index in [1.54, 1.807) is 6.08 Å². The molecule has 2 N–H and O–H groups in total. The van der Waals surface area contributed by atoms with Crippen molar-refractivity contribution in [2.45, 2.75) is 25.0 Å². The van der Waals surface area contributed by atoms with Crippen LogP contribution in [-0.2, 0) is 0 Å². The molecule has 0 spiro atoms. The highest BCUT2D eigenvalue weighted by molar-refractivity contribution is 4.82. The van der Waals surface area contributed by atoms with Gasteiger partial charge in [-0.15, -0.1) is 13.2 Å². The minimum Gasteiger partial charge on any atom is -0.393 e. The van der Waals surface area contributed by atoms with E-state index in [0.29, 0.717) is 12.8 Å². The molecular formula is C8H14O2. The average Bonchev–Trinajstić information content (AvgIpc) is 1.88. The second-order valence-electron chi connectivity index (χ2n) is 2.22. The van der Waals surface area contributed by atoms with Crippen LogP contribution >= 0.6 is 0 Å². The molecule has 0 saturated carbocycles. The molecule has 0 unspecified atom stereocenters. The van der Waals surface area contributed by atoms with Gasteiger partial charge in [-0.1, -0.05) is 12.2 Å². The number of hydrogen-bond donors (Lipinski definition) is 2. The van der Waals surface area contributed by atoms with Gasteiger partial charge in [-0.25, -0.2) is 0 Å². The van der Waals surface area contributed by atoms with Crippen molar-refractivity contribution in [3.63, 3.8) is 0 Å². The molecule has 0 bridgehead atoms. The topological polar surface area (TPSA) is 40.5 Å². The molecule has 0 amide bonds. The Hall–Kier alpha value is -0.600. The van der Waals surface area contributed by atoms with E-state index < -0.39 is 12.2 Å². The molecule has 0 saturated heterocycles. The quantitative estimate of drug-likeness (QED) is 0.559. The Balaban J connectivity index is 3.45. The molecule has 0 aliphatic heterocycles. The maximum atomic E-state index is 9.07. The van der Waals surface area contributed by atoms with Crippen LogP contribution in [0.15, 0.2) is 25.3 Å². The van der Waals surface area contributed by atoms with Crippen LogP contribution in [-0.4, -0.2) is 22.4 Å². The summed E-state index contributed by atoms with van der Waals surface area (Å²) in [5, 5.41) is 18.0. The maximum Gasteiger partial charge on any atom is 0.0743 e. The highest BCUT2D eigenvalue weighted by atomic mass is 16.3. The summed E-state index contributed by atoms with van der Waals surface area (Å²) >= 11 is 0. The van der Waals surface area contributed by atoms with Gasteiger partial charge in [-0.2, -0.15) is 0 Å². The first-order valence-electron chi connectivity index (χ1n) is 3.30. The highest BCUT2D eigenvalue weighted by Crippen LogP contribution is 2.02. The predicted molar refractivity (Wildman–Crippen MR) is 41.6 cm³/mol. The van der Waals surface area contributed by atoms with Crippen molar-refractivity contribution in [1.29, 1.82) is 0 Å². The summed E-state index contributed by atoms with van der Waals surface area (Å²) in [6.07, 6.45) is 2.80. The van der Waals surface area contributed by atoms with Crippen molar-refractivity contribution >= 4 is 0 Å². The lowest BCUT2D eigenvalue weighted by Gasteiger charge is -2.09. The number of hydrogen-bond acceptors (Lipinski definition) is 2. The van der Waals surface area contributed by atoms with Gasteiger partial charge in [0.1, 0.15) is 0 Å². The fourth-order valence-corrected chi connectivity index (χ4v) is 0.664. The molecule has 0 radical (unpaired) electrons. The van der Waals surface area contributed by atoms with Crippen LogP contribution < -0.4 is 0 Å². The minimum absolute atomic E-state index is 0.343. The average molecular weight is 142 g/mol. The highest BCUT2D eigenvalue weighted by Gasteiger charge is 2.05. The molecule has 0 aromatic carbocycles. The van der Waals surface area contributed by atoms with E-state index in [1.165, 1.54) is 6.08 Å². The summed E-state index contributed by atoms with van der Waals surface area (Å²) in [6, 6.07) is 0. The van der Waals surface area contributed by atoms with Crippen LogP contribution in [0.3, 0.4) is 0 Å². The van der Waals surface area contributed by atoms with E-state index in [-0.39, 0.29) is 0 Å². The molecule has 0 rings (SSSR count).